The monoisotopic (exact) mass is 265 g/mol. The molecule has 0 heterocycles. The molecule has 0 aliphatic rings. The summed E-state index contributed by atoms with van der Waals surface area (Å²) in [6, 6.07) is 6.15. The van der Waals surface area contributed by atoms with Gasteiger partial charge in [0.2, 0.25) is 0 Å². The third-order valence-electron chi connectivity index (χ3n) is 3.12. The second-order valence-corrected chi connectivity index (χ2v) is 4.62. The van der Waals surface area contributed by atoms with E-state index in [0.29, 0.717) is 22.3 Å². The highest BCUT2D eigenvalue weighted by atomic mass is 19.2. The van der Waals surface area contributed by atoms with Gasteiger partial charge in [0.15, 0.2) is 11.6 Å². The smallest absolute Gasteiger partial charge is 0.159 e. The molecule has 0 fully saturated rings. The van der Waals surface area contributed by atoms with Gasteiger partial charge in [0.05, 0.1) is 6.04 Å². The Kier molecular flexibility index (Phi) is 3.62. The fourth-order valence-corrected chi connectivity index (χ4v) is 2.06. The average molecular weight is 265 g/mol. The van der Waals surface area contributed by atoms with Crippen molar-refractivity contribution in [2.45, 2.75) is 19.9 Å². The van der Waals surface area contributed by atoms with Gasteiger partial charge in [0.25, 0.3) is 0 Å². The van der Waals surface area contributed by atoms with E-state index in [-0.39, 0.29) is 5.82 Å². The second kappa shape index (κ2) is 5.05. The lowest BCUT2D eigenvalue weighted by molar-refractivity contribution is 0.506. The Bertz CT molecular complexity index is 600. The molecule has 2 rings (SSSR count). The van der Waals surface area contributed by atoms with Crippen molar-refractivity contribution in [3.63, 3.8) is 0 Å². The molecule has 2 N–H and O–H groups in total. The molecule has 0 amide bonds. The third-order valence-corrected chi connectivity index (χ3v) is 3.12. The Labute approximate surface area is 109 Å². The average Bonchev–Trinajstić information content (AvgIpc) is 2.37. The van der Waals surface area contributed by atoms with Gasteiger partial charge in [0, 0.05) is 0 Å². The van der Waals surface area contributed by atoms with Gasteiger partial charge in [-0.1, -0.05) is 18.2 Å². The van der Waals surface area contributed by atoms with Crippen LogP contribution in [-0.4, -0.2) is 0 Å². The summed E-state index contributed by atoms with van der Waals surface area (Å²) in [5, 5.41) is 0. The van der Waals surface area contributed by atoms with Gasteiger partial charge in [-0.25, -0.2) is 13.2 Å². The van der Waals surface area contributed by atoms with E-state index < -0.39 is 17.7 Å². The van der Waals surface area contributed by atoms with Crippen LogP contribution in [0.2, 0.25) is 0 Å². The minimum absolute atomic E-state index is 0.277. The molecule has 2 aromatic carbocycles. The van der Waals surface area contributed by atoms with Crippen LogP contribution in [0, 0.1) is 31.3 Å². The van der Waals surface area contributed by atoms with Crippen molar-refractivity contribution in [1.29, 1.82) is 0 Å². The van der Waals surface area contributed by atoms with E-state index in [0.717, 1.165) is 12.1 Å². The Morgan fingerprint density at radius 2 is 1.42 bits per heavy atom. The fourth-order valence-electron chi connectivity index (χ4n) is 2.06. The Morgan fingerprint density at radius 3 is 1.95 bits per heavy atom. The SMILES string of the molecule is Cc1cc(C(N)c2ccc(F)c(F)c2)cc(C)c1F. The maximum absolute atomic E-state index is 13.5. The van der Waals surface area contributed by atoms with Crippen molar-refractivity contribution in [3.05, 3.63) is 70.0 Å². The van der Waals surface area contributed by atoms with Gasteiger partial charge < -0.3 is 5.73 Å². The minimum atomic E-state index is -0.941. The van der Waals surface area contributed by atoms with Gasteiger partial charge in [-0.05, 0) is 48.2 Å². The number of benzene rings is 2. The topological polar surface area (TPSA) is 26.0 Å². The van der Waals surface area contributed by atoms with Crippen LogP contribution in [0.5, 0.6) is 0 Å². The first-order chi connectivity index (χ1) is 8.90. The summed E-state index contributed by atoms with van der Waals surface area (Å²) in [6.45, 7) is 3.29. The zero-order chi connectivity index (χ0) is 14.2. The predicted octanol–water partition coefficient (Wildman–Crippen LogP) is 3.77. The molecule has 19 heavy (non-hydrogen) atoms. The number of nitrogens with two attached hydrogens (primary N) is 1. The van der Waals surface area contributed by atoms with E-state index in [2.05, 4.69) is 0 Å². The Balaban J connectivity index is 2.43. The largest absolute Gasteiger partial charge is 0.320 e. The lowest BCUT2D eigenvalue weighted by Crippen LogP contribution is -2.13. The third kappa shape index (κ3) is 2.63. The first kappa shape index (κ1) is 13.6. The van der Waals surface area contributed by atoms with Gasteiger partial charge in [-0.2, -0.15) is 0 Å². The molecule has 0 saturated carbocycles. The van der Waals surface area contributed by atoms with Crippen molar-refractivity contribution in [2.75, 3.05) is 0 Å². The summed E-state index contributed by atoms with van der Waals surface area (Å²) in [7, 11) is 0. The van der Waals surface area contributed by atoms with E-state index in [1.807, 2.05) is 0 Å². The van der Waals surface area contributed by atoms with Crippen LogP contribution in [0.25, 0.3) is 0 Å². The van der Waals surface area contributed by atoms with Gasteiger partial charge in [-0.3, -0.25) is 0 Å². The molecular weight excluding hydrogens is 251 g/mol. The summed E-state index contributed by atoms with van der Waals surface area (Å²) in [5.41, 5.74) is 8.09. The molecule has 100 valence electrons. The van der Waals surface area contributed by atoms with E-state index in [1.165, 1.54) is 6.07 Å². The minimum Gasteiger partial charge on any atom is -0.320 e. The Morgan fingerprint density at radius 1 is 0.842 bits per heavy atom. The molecule has 1 unspecified atom stereocenters. The summed E-state index contributed by atoms with van der Waals surface area (Å²) >= 11 is 0. The van der Waals surface area contributed by atoms with Gasteiger partial charge in [0.1, 0.15) is 5.82 Å². The summed E-state index contributed by atoms with van der Waals surface area (Å²) in [5.74, 6) is -2.13. The number of hydrogen-bond acceptors (Lipinski definition) is 1. The zero-order valence-electron chi connectivity index (χ0n) is 10.7. The highest BCUT2D eigenvalue weighted by Crippen LogP contribution is 2.24. The quantitative estimate of drug-likeness (QED) is 0.878. The molecule has 0 saturated heterocycles. The lowest BCUT2D eigenvalue weighted by Gasteiger charge is -2.15. The second-order valence-electron chi connectivity index (χ2n) is 4.62. The van der Waals surface area contributed by atoms with Crippen molar-refractivity contribution < 1.29 is 13.2 Å². The standard InChI is InChI=1S/C15H14F3N/c1-8-5-11(6-9(2)14(8)18)15(19)10-3-4-12(16)13(17)7-10/h3-7,15H,19H2,1-2H3. The van der Waals surface area contributed by atoms with Crippen LogP contribution in [0.1, 0.15) is 28.3 Å². The maximum atomic E-state index is 13.5. The molecular formula is C15H14F3N. The number of aryl methyl sites for hydroxylation is 2. The summed E-state index contributed by atoms with van der Waals surface area (Å²) in [4.78, 5) is 0. The molecule has 4 heteroatoms. The molecule has 2 aromatic rings. The normalized spacial score (nSPS) is 12.5. The summed E-state index contributed by atoms with van der Waals surface area (Å²) in [6.07, 6.45) is 0. The van der Waals surface area contributed by atoms with Crippen LogP contribution >= 0.6 is 0 Å². The lowest BCUT2D eigenvalue weighted by atomic mass is 9.96. The summed E-state index contributed by atoms with van der Waals surface area (Å²) < 4.78 is 39.6. The molecule has 0 spiro atoms. The molecule has 0 aliphatic carbocycles. The number of halogens is 3. The van der Waals surface area contributed by atoms with Crippen LogP contribution in [-0.2, 0) is 0 Å². The van der Waals surface area contributed by atoms with Crippen molar-refractivity contribution in [2.24, 2.45) is 5.73 Å². The molecule has 0 aliphatic heterocycles. The van der Waals surface area contributed by atoms with Gasteiger partial charge in [-0.15, -0.1) is 0 Å². The van der Waals surface area contributed by atoms with Crippen LogP contribution < -0.4 is 5.73 Å². The number of rotatable bonds is 2. The van der Waals surface area contributed by atoms with Crippen molar-refractivity contribution in [1.82, 2.24) is 0 Å². The zero-order valence-corrected chi connectivity index (χ0v) is 10.7. The van der Waals surface area contributed by atoms with Crippen LogP contribution in [0.15, 0.2) is 30.3 Å². The molecule has 1 nitrogen and oxygen atoms in total. The van der Waals surface area contributed by atoms with Gasteiger partial charge >= 0.3 is 0 Å². The number of hydrogen-bond donors (Lipinski definition) is 1. The molecule has 0 radical (unpaired) electrons. The maximum Gasteiger partial charge on any atom is 0.159 e. The fraction of sp³-hybridized carbons (Fsp3) is 0.200. The first-order valence-corrected chi connectivity index (χ1v) is 5.87. The van der Waals surface area contributed by atoms with Crippen molar-refractivity contribution >= 4 is 0 Å². The molecule has 1 atom stereocenters. The molecule has 0 bridgehead atoms. The predicted molar refractivity (Wildman–Crippen MR) is 68.3 cm³/mol. The molecule has 0 aromatic heterocycles. The van der Waals surface area contributed by atoms with E-state index in [9.17, 15) is 13.2 Å². The highest BCUT2D eigenvalue weighted by Gasteiger charge is 2.14. The van der Waals surface area contributed by atoms with Crippen molar-refractivity contribution in [3.8, 4) is 0 Å². The van der Waals surface area contributed by atoms with E-state index in [1.54, 1.807) is 26.0 Å². The van der Waals surface area contributed by atoms with E-state index in [4.69, 9.17) is 5.73 Å². The highest BCUT2D eigenvalue weighted by molar-refractivity contribution is 5.37. The first-order valence-electron chi connectivity index (χ1n) is 5.87. The Hall–Kier alpha value is -1.81. The van der Waals surface area contributed by atoms with Crippen LogP contribution in [0.4, 0.5) is 13.2 Å². The van der Waals surface area contributed by atoms with Crippen LogP contribution in [0.3, 0.4) is 0 Å². The van der Waals surface area contributed by atoms with E-state index >= 15 is 0 Å².